The Balaban J connectivity index is 1.98. The summed E-state index contributed by atoms with van der Waals surface area (Å²) < 4.78 is 29.7. The standard InChI is InChI=1S/C21H17ClFNO5/c1-3-18(25)28-19-14(22)9-12(11-17(19)27-4-2)10-16-21(26)29-20(24-16)13-7-5-6-8-15(13)23/h5-11H,3-4H2,1-2H3/b16-10-. The third-order valence-corrected chi connectivity index (χ3v) is 4.15. The summed E-state index contributed by atoms with van der Waals surface area (Å²) in [5.74, 6) is -1.50. The Kier molecular flexibility index (Phi) is 6.29. The van der Waals surface area contributed by atoms with Gasteiger partial charge in [-0.1, -0.05) is 30.7 Å². The van der Waals surface area contributed by atoms with Crippen LogP contribution in [0, 0.1) is 5.82 Å². The van der Waals surface area contributed by atoms with Crippen LogP contribution in [0.2, 0.25) is 5.02 Å². The molecule has 0 saturated carbocycles. The van der Waals surface area contributed by atoms with Gasteiger partial charge in [-0.25, -0.2) is 14.2 Å². The van der Waals surface area contributed by atoms with Gasteiger partial charge in [-0.15, -0.1) is 0 Å². The van der Waals surface area contributed by atoms with Gasteiger partial charge in [-0.2, -0.15) is 0 Å². The van der Waals surface area contributed by atoms with Crippen molar-refractivity contribution in [3.63, 3.8) is 0 Å². The van der Waals surface area contributed by atoms with Crippen molar-refractivity contribution in [2.75, 3.05) is 6.61 Å². The van der Waals surface area contributed by atoms with E-state index in [2.05, 4.69) is 4.99 Å². The fraction of sp³-hybridized carbons (Fsp3) is 0.190. The molecule has 29 heavy (non-hydrogen) atoms. The predicted molar refractivity (Wildman–Crippen MR) is 106 cm³/mol. The lowest BCUT2D eigenvalue weighted by Gasteiger charge is -2.13. The van der Waals surface area contributed by atoms with E-state index in [0.29, 0.717) is 12.2 Å². The van der Waals surface area contributed by atoms with Gasteiger partial charge < -0.3 is 14.2 Å². The van der Waals surface area contributed by atoms with Gasteiger partial charge in [0, 0.05) is 6.42 Å². The molecule has 3 rings (SSSR count). The van der Waals surface area contributed by atoms with Crippen molar-refractivity contribution in [1.29, 1.82) is 0 Å². The molecule has 2 aromatic rings. The quantitative estimate of drug-likeness (QED) is 0.392. The Labute approximate surface area is 171 Å². The summed E-state index contributed by atoms with van der Waals surface area (Å²) in [7, 11) is 0. The fourth-order valence-electron chi connectivity index (χ4n) is 2.54. The lowest BCUT2D eigenvalue weighted by molar-refractivity contribution is -0.134. The molecule has 0 aliphatic carbocycles. The molecule has 1 aliphatic rings. The van der Waals surface area contributed by atoms with E-state index in [9.17, 15) is 14.0 Å². The molecule has 1 heterocycles. The number of esters is 2. The third kappa shape index (κ3) is 4.63. The summed E-state index contributed by atoms with van der Waals surface area (Å²) in [5, 5.41) is 0.134. The molecule has 8 heteroatoms. The second-order valence-electron chi connectivity index (χ2n) is 5.91. The highest BCUT2D eigenvalue weighted by Gasteiger charge is 2.26. The van der Waals surface area contributed by atoms with E-state index in [1.54, 1.807) is 26.0 Å². The molecule has 2 aromatic carbocycles. The van der Waals surface area contributed by atoms with Crippen LogP contribution in [0.4, 0.5) is 4.39 Å². The number of hydrogen-bond acceptors (Lipinski definition) is 6. The largest absolute Gasteiger partial charge is 0.490 e. The highest BCUT2D eigenvalue weighted by atomic mass is 35.5. The highest BCUT2D eigenvalue weighted by molar-refractivity contribution is 6.32. The Morgan fingerprint density at radius 2 is 2.03 bits per heavy atom. The second-order valence-corrected chi connectivity index (χ2v) is 6.31. The van der Waals surface area contributed by atoms with E-state index in [-0.39, 0.29) is 40.1 Å². The van der Waals surface area contributed by atoms with Crippen LogP contribution in [-0.4, -0.2) is 24.4 Å². The first-order valence-corrected chi connectivity index (χ1v) is 9.25. The molecule has 0 amide bonds. The Morgan fingerprint density at radius 1 is 1.28 bits per heavy atom. The smallest absolute Gasteiger partial charge is 0.363 e. The summed E-state index contributed by atoms with van der Waals surface area (Å²) in [4.78, 5) is 27.9. The van der Waals surface area contributed by atoms with Crippen LogP contribution >= 0.6 is 11.6 Å². The Bertz CT molecular complexity index is 1030. The highest BCUT2D eigenvalue weighted by Crippen LogP contribution is 2.38. The molecule has 150 valence electrons. The van der Waals surface area contributed by atoms with Crippen molar-refractivity contribution >= 4 is 35.5 Å². The van der Waals surface area contributed by atoms with Crippen LogP contribution in [0.15, 0.2) is 47.1 Å². The van der Waals surface area contributed by atoms with Crippen LogP contribution in [0.25, 0.3) is 6.08 Å². The summed E-state index contributed by atoms with van der Waals surface area (Å²) in [5.41, 5.74) is 0.527. The van der Waals surface area contributed by atoms with Gasteiger partial charge >= 0.3 is 11.9 Å². The van der Waals surface area contributed by atoms with Crippen molar-refractivity contribution in [3.05, 3.63) is 64.1 Å². The molecular formula is C21H17ClFNO5. The molecule has 0 atom stereocenters. The summed E-state index contributed by atoms with van der Waals surface area (Å²) >= 11 is 6.25. The number of carbonyl (C=O) groups excluding carboxylic acids is 2. The third-order valence-electron chi connectivity index (χ3n) is 3.86. The number of halogens is 2. The zero-order valence-corrected chi connectivity index (χ0v) is 16.5. The van der Waals surface area contributed by atoms with E-state index >= 15 is 0 Å². The van der Waals surface area contributed by atoms with Gasteiger partial charge in [0.2, 0.25) is 5.90 Å². The topological polar surface area (TPSA) is 74.2 Å². The first-order valence-electron chi connectivity index (χ1n) is 8.87. The molecule has 0 N–H and O–H groups in total. The minimum Gasteiger partial charge on any atom is -0.490 e. The number of ether oxygens (including phenoxy) is 3. The van der Waals surface area contributed by atoms with E-state index in [4.69, 9.17) is 25.8 Å². The Hall–Kier alpha value is -3.19. The zero-order valence-electron chi connectivity index (χ0n) is 15.7. The van der Waals surface area contributed by atoms with Gasteiger partial charge in [-0.05, 0) is 42.8 Å². The van der Waals surface area contributed by atoms with Crippen molar-refractivity contribution < 1.29 is 28.2 Å². The number of aliphatic imine (C=N–C) groups is 1. The average molecular weight is 418 g/mol. The predicted octanol–water partition coefficient (Wildman–Crippen LogP) is 4.54. The molecule has 0 unspecified atom stereocenters. The maximum atomic E-state index is 13.9. The van der Waals surface area contributed by atoms with Gasteiger partial charge in [0.05, 0.1) is 17.2 Å². The monoisotopic (exact) mass is 417 g/mol. The number of nitrogens with zero attached hydrogens (tertiary/aromatic N) is 1. The first-order chi connectivity index (χ1) is 13.9. The fourth-order valence-corrected chi connectivity index (χ4v) is 2.79. The normalized spacial score (nSPS) is 14.6. The molecule has 0 spiro atoms. The summed E-state index contributed by atoms with van der Waals surface area (Å²) in [6, 6.07) is 8.91. The molecule has 1 aliphatic heterocycles. The number of rotatable bonds is 6. The van der Waals surface area contributed by atoms with Gasteiger partial charge in [0.15, 0.2) is 17.2 Å². The van der Waals surface area contributed by atoms with Crippen molar-refractivity contribution in [1.82, 2.24) is 0 Å². The van der Waals surface area contributed by atoms with Crippen LogP contribution in [0.3, 0.4) is 0 Å². The maximum absolute atomic E-state index is 13.9. The van der Waals surface area contributed by atoms with Crippen LogP contribution in [0.5, 0.6) is 11.5 Å². The van der Waals surface area contributed by atoms with Crippen LogP contribution < -0.4 is 9.47 Å². The molecule has 0 aromatic heterocycles. The SMILES string of the molecule is CCOc1cc(/C=C2\N=C(c3ccccc3F)OC2=O)cc(Cl)c1OC(=O)CC. The van der Waals surface area contributed by atoms with Gasteiger partial charge in [0.25, 0.3) is 0 Å². The lowest BCUT2D eigenvalue weighted by atomic mass is 10.1. The van der Waals surface area contributed by atoms with Crippen molar-refractivity contribution in [2.24, 2.45) is 4.99 Å². The van der Waals surface area contributed by atoms with Crippen molar-refractivity contribution in [2.45, 2.75) is 20.3 Å². The molecule has 6 nitrogen and oxygen atoms in total. The minimum absolute atomic E-state index is 0.0277. The lowest BCUT2D eigenvalue weighted by Crippen LogP contribution is -2.08. The summed E-state index contributed by atoms with van der Waals surface area (Å²) in [6.45, 7) is 3.74. The van der Waals surface area contributed by atoms with E-state index in [1.807, 2.05) is 0 Å². The minimum atomic E-state index is -0.723. The molecule has 0 bridgehead atoms. The zero-order chi connectivity index (χ0) is 21.0. The maximum Gasteiger partial charge on any atom is 0.363 e. The van der Waals surface area contributed by atoms with Gasteiger partial charge in [-0.3, -0.25) is 4.79 Å². The number of carbonyl (C=O) groups is 2. The van der Waals surface area contributed by atoms with Crippen LogP contribution in [0.1, 0.15) is 31.4 Å². The first kappa shape index (κ1) is 20.5. The number of benzene rings is 2. The molecule has 0 fully saturated rings. The Morgan fingerprint density at radius 3 is 2.72 bits per heavy atom. The average Bonchev–Trinajstić information content (AvgIpc) is 3.05. The number of hydrogen-bond donors (Lipinski definition) is 0. The molecular weight excluding hydrogens is 401 g/mol. The molecule has 0 saturated heterocycles. The number of cyclic esters (lactones) is 1. The second kappa shape index (κ2) is 8.87. The molecule has 0 radical (unpaired) electrons. The van der Waals surface area contributed by atoms with Gasteiger partial charge in [0.1, 0.15) is 5.82 Å². The summed E-state index contributed by atoms with van der Waals surface area (Å²) in [6.07, 6.45) is 1.60. The van der Waals surface area contributed by atoms with E-state index < -0.39 is 17.8 Å². The van der Waals surface area contributed by atoms with Crippen molar-refractivity contribution in [3.8, 4) is 11.5 Å². The van der Waals surface area contributed by atoms with E-state index in [1.165, 1.54) is 30.3 Å². The van der Waals surface area contributed by atoms with Crippen LogP contribution in [-0.2, 0) is 14.3 Å². The van der Waals surface area contributed by atoms with E-state index in [0.717, 1.165) is 0 Å².